The van der Waals surface area contributed by atoms with Gasteiger partial charge in [0.05, 0.1) is 0 Å². The maximum Gasteiger partial charge on any atom is 0.227 e. The zero-order valence-electron chi connectivity index (χ0n) is 11.6. The zero-order chi connectivity index (χ0) is 13.8. The maximum atomic E-state index is 5.36. The van der Waals surface area contributed by atoms with Crippen LogP contribution in [0.15, 0.2) is 33.7 Å². The first kappa shape index (κ1) is 13.6. The van der Waals surface area contributed by atoms with Gasteiger partial charge in [0.2, 0.25) is 11.7 Å². The Balaban J connectivity index is 1.68. The van der Waals surface area contributed by atoms with Crippen LogP contribution in [0.2, 0.25) is 0 Å². The lowest BCUT2D eigenvalue weighted by Crippen LogP contribution is -2.10. The molecule has 106 valence electrons. The van der Waals surface area contributed by atoms with Gasteiger partial charge in [0.25, 0.3) is 0 Å². The van der Waals surface area contributed by atoms with Crippen molar-refractivity contribution in [2.45, 2.75) is 24.7 Å². The van der Waals surface area contributed by atoms with Gasteiger partial charge in [0.15, 0.2) is 0 Å². The lowest BCUT2D eigenvalue weighted by Gasteiger charge is -2.02. The van der Waals surface area contributed by atoms with E-state index in [4.69, 9.17) is 4.52 Å². The minimum atomic E-state index is 0.631. The van der Waals surface area contributed by atoms with Gasteiger partial charge >= 0.3 is 0 Å². The molecule has 0 aliphatic carbocycles. The average molecular weight is 289 g/mol. The standard InChI is InChI=1S/C15H19N3OS/c1-2-20-13-5-3-12(4-6-13)15-17-14(19-18-15)9-11-7-8-16-10-11/h3-6,11,16H,2,7-10H2,1H3. The van der Waals surface area contributed by atoms with Crippen LogP contribution in [-0.2, 0) is 6.42 Å². The van der Waals surface area contributed by atoms with Crippen LogP contribution in [0.3, 0.4) is 0 Å². The molecule has 1 aromatic carbocycles. The first-order valence-corrected chi connectivity index (χ1v) is 8.10. The van der Waals surface area contributed by atoms with Gasteiger partial charge in [-0.15, -0.1) is 11.8 Å². The van der Waals surface area contributed by atoms with Crippen LogP contribution in [0.25, 0.3) is 11.4 Å². The molecule has 1 aromatic heterocycles. The summed E-state index contributed by atoms with van der Waals surface area (Å²) in [6, 6.07) is 8.34. The van der Waals surface area contributed by atoms with Crippen LogP contribution in [0.1, 0.15) is 19.2 Å². The van der Waals surface area contributed by atoms with E-state index in [9.17, 15) is 0 Å². The van der Waals surface area contributed by atoms with Crippen LogP contribution in [0.4, 0.5) is 0 Å². The number of nitrogens with zero attached hydrogens (tertiary/aromatic N) is 2. The molecule has 0 bridgehead atoms. The smallest absolute Gasteiger partial charge is 0.227 e. The molecule has 1 atom stereocenters. The van der Waals surface area contributed by atoms with E-state index >= 15 is 0 Å². The summed E-state index contributed by atoms with van der Waals surface area (Å²) in [5.74, 6) is 3.16. The molecule has 1 N–H and O–H groups in total. The molecule has 3 rings (SSSR count). The predicted molar refractivity (Wildman–Crippen MR) is 80.8 cm³/mol. The zero-order valence-corrected chi connectivity index (χ0v) is 12.4. The molecule has 0 spiro atoms. The van der Waals surface area contributed by atoms with E-state index in [1.54, 1.807) is 0 Å². The third kappa shape index (κ3) is 3.22. The van der Waals surface area contributed by atoms with Crippen molar-refractivity contribution in [2.75, 3.05) is 18.8 Å². The first-order chi connectivity index (χ1) is 9.85. The van der Waals surface area contributed by atoms with Crippen molar-refractivity contribution in [1.82, 2.24) is 15.5 Å². The minimum Gasteiger partial charge on any atom is -0.339 e. The largest absolute Gasteiger partial charge is 0.339 e. The second-order valence-electron chi connectivity index (χ2n) is 5.03. The molecule has 0 amide bonds. The summed E-state index contributed by atoms with van der Waals surface area (Å²) >= 11 is 1.83. The van der Waals surface area contributed by atoms with Gasteiger partial charge in [-0.25, -0.2) is 0 Å². The summed E-state index contributed by atoms with van der Waals surface area (Å²) in [4.78, 5) is 5.78. The van der Waals surface area contributed by atoms with Crippen molar-refractivity contribution in [3.63, 3.8) is 0 Å². The third-order valence-electron chi connectivity index (χ3n) is 3.52. The van der Waals surface area contributed by atoms with Crippen molar-refractivity contribution >= 4 is 11.8 Å². The highest BCUT2D eigenvalue weighted by Crippen LogP contribution is 2.23. The molecule has 4 nitrogen and oxygen atoms in total. The second kappa shape index (κ2) is 6.41. The molecule has 1 unspecified atom stereocenters. The van der Waals surface area contributed by atoms with Crippen molar-refractivity contribution in [3.8, 4) is 11.4 Å². The van der Waals surface area contributed by atoms with Crippen molar-refractivity contribution in [2.24, 2.45) is 5.92 Å². The monoisotopic (exact) mass is 289 g/mol. The van der Waals surface area contributed by atoms with Crippen LogP contribution in [-0.4, -0.2) is 29.0 Å². The van der Waals surface area contributed by atoms with E-state index in [0.717, 1.165) is 36.7 Å². The number of thioether (sulfide) groups is 1. The van der Waals surface area contributed by atoms with Gasteiger partial charge in [-0.1, -0.05) is 12.1 Å². The van der Waals surface area contributed by atoms with E-state index in [1.807, 2.05) is 11.8 Å². The number of aromatic nitrogens is 2. The molecule has 2 aromatic rings. The summed E-state index contributed by atoms with van der Waals surface area (Å²) in [6.07, 6.45) is 2.07. The van der Waals surface area contributed by atoms with E-state index in [2.05, 4.69) is 46.6 Å². The molecule has 0 radical (unpaired) electrons. The number of rotatable bonds is 5. The Bertz CT molecular complexity index is 547. The first-order valence-electron chi connectivity index (χ1n) is 7.11. The molecule has 5 heteroatoms. The Hall–Kier alpha value is -1.33. The summed E-state index contributed by atoms with van der Waals surface area (Å²) in [7, 11) is 0. The van der Waals surface area contributed by atoms with Gasteiger partial charge < -0.3 is 9.84 Å². The SMILES string of the molecule is CCSc1ccc(-c2noc(CC3CCNC3)n2)cc1. The van der Waals surface area contributed by atoms with Crippen LogP contribution < -0.4 is 5.32 Å². The third-order valence-corrected chi connectivity index (χ3v) is 4.41. The summed E-state index contributed by atoms with van der Waals surface area (Å²) in [6.45, 7) is 4.31. The summed E-state index contributed by atoms with van der Waals surface area (Å²) in [5, 5.41) is 7.45. The van der Waals surface area contributed by atoms with Crippen molar-refractivity contribution in [3.05, 3.63) is 30.2 Å². The number of nitrogens with one attached hydrogen (secondary N) is 1. The number of hydrogen-bond donors (Lipinski definition) is 1. The van der Waals surface area contributed by atoms with Gasteiger partial charge in [0, 0.05) is 16.9 Å². The quantitative estimate of drug-likeness (QED) is 0.858. The number of hydrogen-bond acceptors (Lipinski definition) is 5. The van der Waals surface area contributed by atoms with Crippen LogP contribution in [0, 0.1) is 5.92 Å². The van der Waals surface area contributed by atoms with E-state index in [-0.39, 0.29) is 0 Å². The fourth-order valence-corrected chi connectivity index (χ4v) is 3.12. The van der Waals surface area contributed by atoms with Gasteiger partial charge in [-0.3, -0.25) is 0 Å². The Morgan fingerprint density at radius 1 is 1.35 bits per heavy atom. The summed E-state index contributed by atoms with van der Waals surface area (Å²) in [5.41, 5.74) is 1.02. The van der Waals surface area contributed by atoms with E-state index in [0.29, 0.717) is 11.7 Å². The molecular formula is C15H19N3OS. The van der Waals surface area contributed by atoms with Gasteiger partial charge in [-0.05, 0) is 55.4 Å². The predicted octanol–water partition coefficient (Wildman–Crippen LogP) is 3.00. The summed E-state index contributed by atoms with van der Waals surface area (Å²) < 4.78 is 5.36. The molecule has 20 heavy (non-hydrogen) atoms. The normalized spacial score (nSPS) is 18.6. The average Bonchev–Trinajstić information content (AvgIpc) is 3.12. The molecule has 1 saturated heterocycles. The van der Waals surface area contributed by atoms with Crippen LogP contribution >= 0.6 is 11.8 Å². The lowest BCUT2D eigenvalue weighted by atomic mass is 10.1. The molecule has 1 fully saturated rings. The second-order valence-corrected chi connectivity index (χ2v) is 6.37. The van der Waals surface area contributed by atoms with Crippen molar-refractivity contribution < 1.29 is 4.52 Å². The van der Waals surface area contributed by atoms with E-state index in [1.165, 1.54) is 11.3 Å². The highest BCUT2D eigenvalue weighted by atomic mass is 32.2. The Morgan fingerprint density at radius 2 is 2.20 bits per heavy atom. The Labute approximate surface area is 123 Å². The van der Waals surface area contributed by atoms with Crippen LogP contribution in [0.5, 0.6) is 0 Å². The van der Waals surface area contributed by atoms with Crippen molar-refractivity contribution in [1.29, 1.82) is 0 Å². The fourth-order valence-electron chi connectivity index (χ4n) is 2.46. The molecule has 1 aliphatic rings. The Morgan fingerprint density at radius 3 is 2.90 bits per heavy atom. The lowest BCUT2D eigenvalue weighted by molar-refractivity contribution is 0.358. The topological polar surface area (TPSA) is 51.0 Å². The molecular weight excluding hydrogens is 270 g/mol. The van der Waals surface area contributed by atoms with Gasteiger partial charge in [0.1, 0.15) is 0 Å². The minimum absolute atomic E-state index is 0.631. The molecule has 1 aliphatic heterocycles. The maximum absolute atomic E-state index is 5.36. The van der Waals surface area contributed by atoms with E-state index < -0.39 is 0 Å². The number of benzene rings is 1. The molecule has 2 heterocycles. The molecule has 0 saturated carbocycles. The fraction of sp³-hybridized carbons (Fsp3) is 0.467. The van der Waals surface area contributed by atoms with Gasteiger partial charge in [-0.2, -0.15) is 4.98 Å². The Kier molecular flexibility index (Phi) is 4.38. The highest BCUT2D eigenvalue weighted by Gasteiger charge is 2.18. The highest BCUT2D eigenvalue weighted by molar-refractivity contribution is 7.99.